The number of hydrazine groups is 1. The van der Waals surface area contributed by atoms with Crippen LogP contribution in [0.4, 0.5) is 0 Å². The summed E-state index contributed by atoms with van der Waals surface area (Å²) in [6.07, 6.45) is -5.02. The summed E-state index contributed by atoms with van der Waals surface area (Å²) in [5.41, 5.74) is 17.7. The molecule has 0 bridgehead atoms. The van der Waals surface area contributed by atoms with Crippen LogP contribution in [0.1, 0.15) is 46.0 Å². The predicted molar refractivity (Wildman–Crippen MR) is 152 cm³/mol. The number of rotatable bonds is 10. The van der Waals surface area contributed by atoms with Crippen LogP contribution in [0.2, 0.25) is 0 Å². The van der Waals surface area contributed by atoms with Crippen LogP contribution in [-0.4, -0.2) is 113 Å². The molecule has 1 fully saturated rings. The van der Waals surface area contributed by atoms with Gasteiger partial charge in [0.1, 0.15) is 36.9 Å². The maximum Gasteiger partial charge on any atom is 0.306 e. The highest BCUT2D eigenvalue weighted by molar-refractivity contribution is 5.99. The highest BCUT2D eigenvalue weighted by Crippen LogP contribution is 2.11. The first-order chi connectivity index (χ1) is 21.4. The second-order valence-corrected chi connectivity index (χ2v) is 10.4. The van der Waals surface area contributed by atoms with E-state index >= 15 is 0 Å². The molecule has 0 spiro atoms. The number of ether oxygens (including phenoxy) is 1. The molecule has 21 nitrogen and oxygen atoms in total. The molecule has 6 atom stereocenters. The minimum atomic E-state index is -1.83. The Labute approximate surface area is 262 Å². The summed E-state index contributed by atoms with van der Waals surface area (Å²) in [6.45, 7) is 2.22. The van der Waals surface area contributed by atoms with Crippen LogP contribution in [-0.2, 0) is 52.7 Å². The highest BCUT2D eigenvalue weighted by atomic mass is 16.5. The fourth-order valence-corrected chi connectivity index (χ4v) is 3.95. The molecule has 0 aromatic rings. The van der Waals surface area contributed by atoms with Gasteiger partial charge in [0.05, 0.1) is 25.7 Å². The molecular formula is C25H39N9O12. The molecule has 1 heterocycles. The zero-order valence-electron chi connectivity index (χ0n) is 25.3. The lowest BCUT2D eigenvalue weighted by atomic mass is 9.97. The second kappa shape index (κ2) is 17.8. The standard InChI is InChI=1S/C25H39N9O12/c1-4-10(2)20-25(45)31-12(6-16(27)36)22(42)29-11(5-15(26)35)21(41)30-13(7-17(28)37)23(43)33-34(3)18(38)9-46-14(8-19(39)40)24(44)32-20/h10-14,20H,4-9H2,1-3H3,(H2,26,35)(H2,27,36)(H2,28,37)(H,29,42)(H,30,41)(H,31,45)(H,32,44)(H,33,43)(H,39,40)/t10-,11+,12?,13+,14?,20+/m1/s1. The van der Waals surface area contributed by atoms with Gasteiger partial charge in [-0.15, -0.1) is 0 Å². The van der Waals surface area contributed by atoms with E-state index in [0.717, 1.165) is 7.05 Å². The highest BCUT2D eigenvalue weighted by Gasteiger charge is 2.36. The van der Waals surface area contributed by atoms with Crippen LogP contribution >= 0.6 is 0 Å². The Morgan fingerprint density at radius 2 is 1.20 bits per heavy atom. The SMILES string of the molecule is CC[C@@H](C)[C@@H]1NC(=O)C(CC(=O)O)OCC(=O)N(C)NC(=O)[C@H](CC(N)=O)NC(=O)[C@H](CC(N)=O)NC(=O)C(CC(N)=O)NC1=O. The minimum Gasteiger partial charge on any atom is -0.481 e. The average molecular weight is 658 g/mol. The molecule has 46 heavy (non-hydrogen) atoms. The van der Waals surface area contributed by atoms with E-state index in [4.69, 9.17) is 21.9 Å². The fraction of sp³-hybridized carbons (Fsp3) is 0.600. The van der Waals surface area contributed by atoms with Gasteiger partial charge >= 0.3 is 5.97 Å². The van der Waals surface area contributed by atoms with E-state index in [1.807, 2.05) is 0 Å². The van der Waals surface area contributed by atoms with Gasteiger partial charge in [0.15, 0.2) is 0 Å². The first-order valence-electron chi connectivity index (χ1n) is 13.8. The van der Waals surface area contributed by atoms with Crippen LogP contribution in [0.3, 0.4) is 0 Å². The van der Waals surface area contributed by atoms with Crippen molar-refractivity contribution in [1.82, 2.24) is 31.7 Å². The molecule has 0 aromatic carbocycles. The molecule has 2 unspecified atom stereocenters. The minimum absolute atomic E-state index is 0.270. The first-order valence-corrected chi connectivity index (χ1v) is 13.8. The van der Waals surface area contributed by atoms with Gasteiger partial charge in [0.2, 0.25) is 41.4 Å². The van der Waals surface area contributed by atoms with Crippen molar-refractivity contribution < 1.29 is 57.8 Å². The Hall–Kier alpha value is -5.34. The number of hydrogen-bond acceptors (Lipinski definition) is 11. The van der Waals surface area contributed by atoms with Crippen molar-refractivity contribution in [1.29, 1.82) is 0 Å². The number of carbonyl (C=O) groups excluding carboxylic acids is 9. The fourth-order valence-electron chi connectivity index (χ4n) is 3.95. The number of carboxylic acids is 1. The van der Waals surface area contributed by atoms with E-state index in [9.17, 15) is 53.1 Å². The van der Waals surface area contributed by atoms with Crippen molar-refractivity contribution >= 4 is 59.1 Å². The summed E-state index contributed by atoms with van der Waals surface area (Å²) in [5, 5.41) is 18.7. The third kappa shape index (κ3) is 12.7. The number of likely N-dealkylation sites (N-methyl/N-ethyl adjacent to an activating group) is 1. The van der Waals surface area contributed by atoms with Crippen molar-refractivity contribution in [2.75, 3.05) is 13.7 Å². The molecule has 12 N–H and O–H groups in total. The predicted octanol–water partition coefficient (Wildman–Crippen LogP) is -6.04. The van der Waals surface area contributed by atoms with Crippen molar-refractivity contribution in [2.24, 2.45) is 23.1 Å². The van der Waals surface area contributed by atoms with E-state index in [1.165, 1.54) is 6.92 Å². The maximum absolute atomic E-state index is 13.3. The third-order valence-corrected chi connectivity index (χ3v) is 6.62. The summed E-state index contributed by atoms with van der Waals surface area (Å²) in [7, 11) is 1.03. The molecule has 0 aliphatic carbocycles. The average Bonchev–Trinajstić information content (AvgIpc) is 2.94. The molecule has 1 rings (SSSR count). The molecule has 256 valence electrons. The van der Waals surface area contributed by atoms with Gasteiger partial charge in [0, 0.05) is 7.05 Å². The molecule has 1 aliphatic heterocycles. The van der Waals surface area contributed by atoms with Crippen molar-refractivity contribution in [3.63, 3.8) is 0 Å². The molecule has 1 saturated heterocycles. The van der Waals surface area contributed by atoms with E-state index in [1.54, 1.807) is 6.92 Å². The number of primary amides is 3. The number of nitrogens with one attached hydrogen (secondary N) is 5. The summed E-state index contributed by atoms with van der Waals surface area (Å²) in [4.78, 5) is 125. The number of aliphatic carboxylic acids is 1. The maximum atomic E-state index is 13.3. The largest absolute Gasteiger partial charge is 0.481 e. The zero-order chi connectivity index (χ0) is 35.3. The Kier molecular flexibility index (Phi) is 15.0. The quantitative estimate of drug-likeness (QED) is 0.106. The van der Waals surface area contributed by atoms with E-state index in [2.05, 4.69) is 26.7 Å². The van der Waals surface area contributed by atoms with Crippen LogP contribution in [0.25, 0.3) is 0 Å². The van der Waals surface area contributed by atoms with Gasteiger partial charge in [-0.1, -0.05) is 20.3 Å². The third-order valence-electron chi connectivity index (χ3n) is 6.62. The Balaban J connectivity index is 3.68. The number of nitrogens with zero attached hydrogens (tertiary/aromatic N) is 1. The number of hydrogen-bond donors (Lipinski definition) is 9. The van der Waals surface area contributed by atoms with Crippen LogP contribution in [0.15, 0.2) is 0 Å². The van der Waals surface area contributed by atoms with E-state index in [-0.39, 0.29) is 6.42 Å². The monoisotopic (exact) mass is 657 g/mol. The number of amides is 9. The zero-order valence-corrected chi connectivity index (χ0v) is 25.3. The summed E-state index contributed by atoms with van der Waals surface area (Å²) < 4.78 is 5.22. The molecule has 9 amide bonds. The summed E-state index contributed by atoms with van der Waals surface area (Å²) in [5.74, 6) is -12.2. The van der Waals surface area contributed by atoms with Crippen LogP contribution in [0.5, 0.6) is 0 Å². The lowest BCUT2D eigenvalue weighted by Gasteiger charge is -2.28. The Morgan fingerprint density at radius 1 is 0.761 bits per heavy atom. The molecule has 0 aromatic heterocycles. The number of carboxylic acid groups (broad SMARTS) is 1. The topological polar surface area (TPSA) is 342 Å². The van der Waals surface area contributed by atoms with Gasteiger partial charge in [0.25, 0.3) is 11.8 Å². The lowest BCUT2D eigenvalue weighted by Crippen LogP contribution is -2.60. The number of carbonyl (C=O) groups is 10. The van der Waals surface area contributed by atoms with Gasteiger partial charge in [-0.3, -0.25) is 58.4 Å². The Morgan fingerprint density at radius 3 is 1.61 bits per heavy atom. The first kappa shape index (κ1) is 38.7. The normalized spacial score (nSPS) is 24.8. The van der Waals surface area contributed by atoms with Gasteiger partial charge in [-0.25, -0.2) is 0 Å². The summed E-state index contributed by atoms with van der Waals surface area (Å²) >= 11 is 0. The van der Waals surface area contributed by atoms with E-state index < -0.39 is 128 Å². The van der Waals surface area contributed by atoms with Crippen molar-refractivity contribution in [3.8, 4) is 0 Å². The number of nitrogens with two attached hydrogens (primary N) is 3. The smallest absolute Gasteiger partial charge is 0.306 e. The molecule has 0 radical (unpaired) electrons. The van der Waals surface area contributed by atoms with Crippen LogP contribution in [0, 0.1) is 5.92 Å². The molecule has 1 aliphatic rings. The Bertz CT molecular complexity index is 1240. The van der Waals surface area contributed by atoms with Gasteiger partial charge < -0.3 is 48.3 Å². The van der Waals surface area contributed by atoms with E-state index in [0.29, 0.717) is 5.01 Å². The summed E-state index contributed by atoms with van der Waals surface area (Å²) in [6, 6.07) is -6.82. The molecule has 0 saturated carbocycles. The van der Waals surface area contributed by atoms with Crippen LogP contribution < -0.4 is 43.9 Å². The van der Waals surface area contributed by atoms with Crippen molar-refractivity contribution in [2.45, 2.75) is 76.2 Å². The van der Waals surface area contributed by atoms with Crippen molar-refractivity contribution in [3.05, 3.63) is 0 Å². The second-order valence-electron chi connectivity index (χ2n) is 10.4. The van der Waals surface area contributed by atoms with Gasteiger partial charge in [-0.2, -0.15) is 0 Å². The lowest BCUT2D eigenvalue weighted by molar-refractivity contribution is -0.154. The molecule has 21 heteroatoms. The van der Waals surface area contributed by atoms with Gasteiger partial charge in [-0.05, 0) is 5.92 Å². The molecular weight excluding hydrogens is 618 g/mol.